The van der Waals surface area contributed by atoms with Crippen LogP contribution in [0, 0.1) is 6.92 Å². The Morgan fingerprint density at radius 1 is 1.21 bits per heavy atom. The van der Waals surface area contributed by atoms with Crippen molar-refractivity contribution in [3.8, 4) is 0 Å². The van der Waals surface area contributed by atoms with Crippen LogP contribution in [0.1, 0.15) is 21.7 Å². The van der Waals surface area contributed by atoms with E-state index in [1.807, 2.05) is 38.5 Å². The molecule has 4 nitrogen and oxygen atoms in total. The minimum atomic E-state index is -0.457. The van der Waals surface area contributed by atoms with E-state index in [0.717, 1.165) is 31.5 Å². The van der Waals surface area contributed by atoms with Gasteiger partial charge in [0.15, 0.2) is 0 Å². The molecule has 1 aromatic heterocycles. The van der Waals surface area contributed by atoms with Crippen LogP contribution in [0.4, 0.5) is 0 Å². The fourth-order valence-electron chi connectivity index (χ4n) is 3.55. The lowest BCUT2D eigenvalue weighted by Gasteiger charge is -2.38. The van der Waals surface area contributed by atoms with Crippen molar-refractivity contribution < 1.29 is 4.79 Å². The smallest absolute Gasteiger partial charge is 0.243 e. The summed E-state index contributed by atoms with van der Waals surface area (Å²) in [6.45, 7) is 2.76. The van der Waals surface area contributed by atoms with Gasteiger partial charge in [-0.2, -0.15) is 0 Å². The molecule has 0 saturated heterocycles. The first kappa shape index (κ1) is 17.1. The Labute approximate surface area is 148 Å². The Hall–Kier alpha value is -1.72. The van der Waals surface area contributed by atoms with E-state index in [0.29, 0.717) is 0 Å². The molecule has 0 atom stereocenters. The Kier molecular flexibility index (Phi) is 4.74. The lowest BCUT2D eigenvalue weighted by Crippen LogP contribution is -2.57. The summed E-state index contributed by atoms with van der Waals surface area (Å²) < 4.78 is 0. The third kappa shape index (κ3) is 2.98. The van der Waals surface area contributed by atoms with Gasteiger partial charge in [-0.05, 0) is 32.1 Å². The van der Waals surface area contributed by atoms with Gasteiger partial charge < -0.3 is 4.90 Å². The fraction of sp³-hybridized carbons (Fsp3) is 0.474. The van der Waals surface area contributed by atoms with Crippen molar-refractivity contribution in [1.82, 2.24) is 14.8 Å². The zero-order chi connectivity index (χ0) is 17.3. The molecule has 0 fully saturated rings. The summed E-state index contributed by atoms with van der Waals surface area (Å²) in [6.07, 6.45) is 2.45. The van der Waals surface area contributed by atoms with E-state index in [9.17, 15) is 4.79 Å². The number of fused-ring (bicyclic) bond motifs is 1. The van der Waals surface area contributed by atoms with Crippen LogP contribution >= 0.6 is 11.3 Å². The van der Waals surface area contributed by atoms with E-state index >= 15 is 0 Å². The molecule has 0 N–H and O–H groups in total. The number of hydrogen-bond acceptors (Lipinski definition) is 4. The third-order valence-corrected chi connectivity index (χ3v) is 6.20. The molecule has 0 saturated carbocycles. The molecule has 5 heteroatoms. The van der Waals surface area contributed by atoms with Gasteiger partial charge in [-0.3, -0.25) is 9.69 Å². The van der Waals surface area contributed by atoms with Crippen molar-refractivity contribution in [2.75, 3.05) is 27.7 Å². The highest BCUT2D eigenvalue weighted by Crippen LogP contribution is 2.34. The molecular weight excluding hydrogens is 318 g/mol. The highest BCUT2D eigenvalue weighted by molar-refractivity contribution is 7.09. The van der Waals surface area contributed by atoms with Crippen LogP contribution in [0.5, 0.6) is 0 Å². The average molecular weight is 343 g/mol. The Morgan fingerprint density at radius 3 is 2.33 bits per heavy atom. The monoisotopic (exact) mass is 343 g/mol. The molecule has 24 heavy (non-hydrogen) atoms. The Bertz CT molecular complexity index is 713. The number of rotatable bonds is 5. The molecule has 1 aliphatic rings. The molecule has 1 heterocycles. The second-order valence-electron chi connectivity index (χ2n) is 6.89. The zero-order valence-electron chi connectivity index (χ0n) is 14.9. The van der Waals surface area contributed by atoms with Gasteiger partial charge in [0.05, 0.1) is 11.2 Å². The van der Waals surface area contributed by atoms with Gasteiger partial charge >= 0.3 is 0 Å². The number of benzene rings is 1. The molecule has 1 amide bonds. The van der Waals surface area contributed by atoms with E-state index in [4.69, 9.17) is 0 Å². The van der Waals surface area contributed by atoms with Gasteiger partial charge in [-0.15, -0.1) is 11.3 Å². The van der Waals surface area contributed by atoms with Crippen LogP contribution in [0.25, 0.3) is 0 Å². The summed E-state index contributed by atoms with van der Waals surface area (Å²) in [4.78, 5) is 22.8. The molecule has 1 aliphatic carbocycles. The van der Waals surface area contributed by atoms with E-state index < -0.39 is 5.54 Å². The van der Waals surface area contributed by atoms with Crippen molar-refractivity contribution in [2.24, 2.45) is 0 Å². The van der Waals surface area contributed by atoms with Crippen molar-refractivity contribution in [3.63, 3.8) is 0 Å². The first-order chi connectivity index (χ1) is 11.4. The number of aromatic nitrogens is 1. The summed E-state index contributed by atoms with van der Waals surface area (Å²) >= 11 is 1.67. The number of carbonyl (C=O) groups is 1. The SMILES string of the molecule is Cc1ncsc1CCN(C)C(=O)C1(N(C)C)Cc2ccccc2C1. The third-order valence-electron chi connectivity index (χ3n) is 5.20. The first-order valence-corrected chi connectivity index (χ1v) is 9.21. The van der Waals surface area contributed by atoms with E-state index in [1.165, 1.54) is 16.0 Å². The van der Waals surface area contributed by atoms with Crippen LogP contribution in [0.15, 0.2) is 29.8 Å². The molecule has 0 aliphatic heterocycles. The van der Waals surface area contributed by atoms with Gasteiger partial charge in [-0.1, -0.05) is 24.3 Å². The van der Waals surface area contributed by atoms with Gasteiger partial charge in [0.2, 0.25) is 5.91 Å². The lowest BCUT2D eigenvalue weighted by molar-refractivity contribution is -0.141. The second kappa shape index (κ2) is 6.65. The van der Waals surface area contributed by atoms with Crippen molar-refractivity contribution in [1.29, 1.82) is 0 Å². The van der Waals surface area contributed by atoms with E-state index in [-0.39, 0.29) is 5.91 Å². The summed E-state index contributed by atoms with van der Waals surface area (Å²) in [5.74, 6) is 0.214. The summed E-state index contributed by atoms with van der Waals surface area (Å²) in [5.41, 5.74) is 5.09. The van der Waals surface area contributed by atoms with Crippen molar-refractivity contribution in [3.05, 3.63) is 51.5 Å². The van der Waals surface area contributed by atoms with Crippen LogP contribution in [-0.2, 0) is 24.1 Å². The quantitative estimate of drug-likeness (QED) is 0.837. The number of amides is 1. The lowest BCUT2D eigenvalue weighted by atomic mass is 9.92. The van der Waals surface area contributed by atoms with Gasteiger partial charge in [-0.25, -0.2) is 4.98 Å². The minimum absolute atomic E-state index is 0.214. The van der Waals surface area contributed by atoms with Crippen molar-refractivity contribution >= 4 is 17.2 Å². The molecule has 0 unspecified atom stereocenters. The predicted molar refractivity (Wildman–Crippen MR) is 98.5 cm³/mol. The highest BCUT2D eigenvalue weighted by atomic mass is 32.1. The minimum Gasteiger partial charge on any atom is -0.344 e. The standard InChI is InChI=1S/C19H25N3OS/c1-14-17(24-13-20-14)9-10-22(4)18(23)19(21(2)3)11-15-7-5-6-8-16(15)12-19/h5-8,13H,9-12H2,1-4H3. The first-order valence-electron chi connectivity index (χ1n) is 8.33. The maximum Gasteiger partial charge on any atom is 0.243 e. The number of thiazole rings is 1. The molecule has 0 bridgehead atoms. The fourth-order valence-corrected chi connectivity index (χ4v) is 4.32. The molecule has 2 aromatic rings. The van der Waals surface area contributed by atoms with Crippen LogP contribution < -0.4 is 0 Å². The van der Waals surface area contributed by atoms with Crippen LogP contribution in [0.2, 0.25) is 0 Å². The molecule has 1 aromatic carbocycles. The topological polar surface area (TPSA) is 36.4 Å². The molecule has 3 rings (SSSR count). The largest absolute Gasteiger partial charge is 0.344 e. The predicted octanol–water partition coefficient (Wildman–Crippen LogP) is 2.55. The molecule has 0 spiro atoms. The Balaban J connectivity index is 1.75. The number of carbonyl (C=O) groups excluding carboxylic acids is 1. The number of likely N-dealkylation sites (N-methyl/N-ethyl adjacent to an activating group) is 2. The maximum absolute atomic E-state index is 13.3. The van der Waals surface area contributed by atoms with E-state index in [1.54, 1.807) is 11.3 Å². The number of nitrogens with zero attached hydrogens (tertiary/aromatic N) is 3. The molecule has 0 radical (unpaired) electrons. The van der Waals surface area contributed by atoms with Gasteiger partial charge in [0.25, 0.3) is 0 Å². The summed E-state index contributed by atoms with van der Waals surface area (Å²) in [7, 11) is 5.96. The summed E-state index contributed by atoms with van der Waals surface area (Å²) in [6, 6.07) is 8.42. The normalized spacial score (nSPS) is 15.5. The van der Waals surface area contributed by atoms with Gasteiger partial charge in [0.1, 0.15) is 5.54 Å². The number of hydrogen-bond donors (Lipinski definition) is 0. The average Bonchev–Trinajstić information content (AvgIpc) is 3.15. The van der Waals surface area contributed by atoms with Crippen LogP contribution in [0.3, 0.4) is 0 Å². The zero-order valence-corrected chi connectivity index (χ0v) is 15.7. The van der Waals surface area contributed by atoms with Crippen molar-refractivity contribution in [2.45, 2.75) is 31.7 Å². The van der Waals surface area contributed by atoms with E-state index in [2.05, 4.69) is 34.1 Å². The summed E-state index contributed by atoms with van der Waals surface area (Å²) in [5, 5.41) is 0. The number of aryl methyl sites for hydroxylation is 1. The highest BCUT2D eigenvalue weighted by Gasteiger charge is 2.46. The van der Waals surface area contributed by atoms with Crippen LogP contribution in [-0.4, -0.2) is 53.9 Å². The molecule has 128 valence electrons. The Morgan fingerprint density at radius 2 is 1.83 bits per heavy atom. The molecular formula is C19H25N3OS. The van der Waals surface area contributed by atoms with Gasteiger partial charge in [0, 0.05) is 37.7 Å². The second-order valence-corrected chi connectivity index (χ2v) is 7.83. The maximum atomic E-state index is 13.3.